The van der Waals surface area contributed by atoms with Crippen molar-refractivity contribution < 1.29 is 9.53 Å². The van der Waals surface area contributed by atoms with Crippen LogP contribution in [0.1, 0.15) is 33.1 Å². The number of carbonyl (C=O) groups is 1. The zero-order chi connectivity index (χ0) is 9.40. The Hall–Kier alpha value is -0.630. The van der Waals surface area contributed by atoms with Crippen molar-refractivity contribution in [3.63, 3.8) is 0 Å². The lowest BCUT2D eigenvalue weighted by atomic mass is 10.2. The van der Waals surface area contributed by atoms with Crippen molar-refractivity contribution in [2.75, 3.05) is 13.2 Å². The molecule has 0 radical (unpaired) electrons. The van der Waals surface area contributed by atoms with E-state index in [1.54, 1.807) is 6.92 Å². The summed E-state index contributed by atoms with van der Waals surface area (Å²) in [6.07, 6.45) is 2.39. The Morgan fingerprint density at radius 1 is 1.25 bits per heavy atom. The number of rotatable bonds is 7. The minimum atomic E-state index is 0.235. The van der Waals surface area contributed by atoms with E-state index in [0.717, 1.165) is 25.0 Å². The maximum absolute atomic E-state index is 10.5. The molecule has 0 N–H and O–H groups in total. The van der Waals surface area contributed by atoms with Crippen molar-refractivity contribution in [2.45, 2.75) is 33.1 Å². The summed E-state index contributed by atoms with van der Waals surface area (Å²) in [5.74, 6) is 0.235. The average Bonchev–Trinajstić information content (AvgIpc) is 1.95. The SMILES string of the molecule is C=C(C)CCOCCCC(C)=O. The smallest absolute Gasteiger partial charge is 0.129 e. The van der Waals surface area contributed by atoms with E-state index in [1.807, 2.05) is 6.92 Å². The highest BCUT2D eigenvalue weighted by molar-refractivity contribution is 5.75. The van der Waals surface area contributed by atoms with Crippen LogP contribution in [0, 0.1) is 0 Å². The molecule has 2 nitrogen and oxygen atoms in total. The van der Waals surface area contributed by atoms with Gasteiger partial charge in [0.15, 0.2) is 0 Å². The lowest BCUT2D eigenvalue weighted by Crippen LogP contribution is -1.99. The van der Waals surface area contributed by atoms with Gasteiger partial charge in [0.05, 0.1) is 6.61 Å². The summed E-state index contributed by atoms with van der Waals surface area (Å²) in [5.41, 5.74) is 1.14. The fraction of sp³-hybridized carbons (Fsp3) is 0.700. The Morgan fingerprint density at radius 2 is 1.92 bits per heavy atom. The molecule has 2 heteroatoms. The second-order valence-corrected chi connectivity index (χ2v) is 3.13. The van der Waals surface area contributed by atoms with Crippen LogP contribution in [0.15, 0.2) is 12.2 Å². The summed E-state index contributed by atoms with van der Waals surface area (Å²) in [5, 5.41) is 0. The lowest BCUT2D eigenvalue weighted by Gasteiger charge is -2.02. The molecule has 0 amide bonds. The highest BCUT2D eigenvalue weighted by Gasteiger charge is 1.93. The summed E-state index contributed by atoms with van der Waals surface area (Å²) in [4.78, 5) is 10.5. The van der Waals surface area contributed by atoms with Gasteiger partial charge in [0.25, 0.3) is 0 Å². The quantitative estimate of drug-likeness (QED) is 0.433. The molecule has 0 atom stereocenters. The number of carbonyl (C=O) groups excluding carboxylic acids is 1. The molecule has 0 heterocycles. The second-order valence-electron chi connectivity index (χ2n) is 3.13. The zero-order valence-corrected chi connectivity index (χ0v) is 8.06. The Labute approximate surface area is 74.6 Å². The van der Waals surface area contributed by atoms with Gasteiger partial charge in [-0.2, -0.15) is 0 Å². The standard InChI is InChI=1S/C10H18O2/c1-9(2)6-8-12-7-4-5-10(3)11/h1,4-8H2,2-3H3. The molecule has 0 aliphatic carbocycles. The van der Waals surface area contributed by atoms with Gasteiger partial charge >= 0.3 is 0 Å². The molecule has 0 aromatic rings. The molecule has 0 bridgehead atoms. The summed E-state index contributed by atoms with van der Waals surface area (Å²) in [6.45, 7) is 8.77. The molecule has 0 saturated carbocycles. The molecule has 0 rings (SSSR count). The first-order valence-corrected chi connectivity index (χ1v) is 4.34. The molecule has 0 aliphatic heterocycles. The van der Waals surface area contributed by atoms with E-state index in [9.17, 15) is 4.79 Å². The van der Waals surface area contributed by atoms with Crippen LogP contribution in [0.25, 0.3) is 0 Å². The van der Waals surface area contributed by atoms with Crippen molar-refractivity contribution in [1.82, 2.24) is 0 Å². The zero-order valence-electron chi connectivity index (χ0n) is 8.06. The topological polar surface area (TPSA) is 26.3 Å². The molecule has 0 saturated heterocycles. The monoisotopic (exact) mass is 170 g/mol. The molecule has 0 fully saturated rings. The first kappa shape index (κ1) is 11.4. The van der Waals surface area contributed by atoms with Crippen LogP contribution in [0.4, 0.5) is 0 Å². The third kappa shape index (κ3) is 9.37. The fourth-order valence-electron chi connectivity index (χ4n) is 0.772. The molecule has 0 unspecified atom stereocenters. The van der Waals surface area contributed by atoms with Gasteiger partial charge in [-0.1, -0.05) is 5.57 Å². The molecule has 70 valence electrons. The van der Waals surface area contributed by atoms with Crippen molar-refractivity contribution >= 4 is 5.78 Å². The maximum Gasteiger partial charge on any atom is 0.129 e. The minimum absolute atomic E-state index is 0.235. The summed E-state index contributed by atoms with van der Waals surface area (Å²) >= 11 is 0. The number of Topliss-reactive ketones (excluding diaryl/α,β-unsaturated/α-hetero) is 1. The van der Waals surface area contributed by atoms with Gasteiger partial charge < -0.3 is 9.53 Å². The van der Waals surface area contributed by atoms with Crippen molar-refractivity contribution in [3.05, 3.63) is 12.2 Å². The first-order chi connectivity index (χ1) is 5.63. The minimum Gasteiger partial charge on any atom is -0.381 e. The van der Waals surface area contributed by atoms with Crippen LogP contribution in [0.5, 0.6) is 0 Å². The van der Waals surface area contributed by atoms with Gasteiger partial charge in [0.1, 0.15) is 5.78 Å². The second kappa shape index (κ2) is 7.04. The van der Waals surface area contributed by atoms with Gasteiger partial charge in [0.2, 0.25) is 0 Å². The van der Waals surface area contributed by atoms with E-state index < -0.39 is 0 Å². The third-order valence-corrected chi connectivity index (χ3v) is 1.49. The van der Waals surface area contributed by atoms with Crippen LogP contribution in [-0.2, 0) is 9.53 Å². The molecule has 0 spiro atoms. The van der Waals surface area contributed by atoms with Crippen LogP contribution >= 0.6 is 0 Å². The lowest BCUT2D eigenvalue weighted by molar-refractivity contribution is -0.117. The maximum atomic E-state index is 10.5. The van der Waals surface area contributed by atoms with E-state index in [-0.39, 0.29) is 5.78 Å². The predicted molar refractivity (Wildman–Crippen MR) is 50.2 cm³/mol. The number of ether oxygens (including phenoxy) is 1. The molecule has 0 aliphatic rings. The average molecular weight is 170 g/mol. The third-order valence-electron chi connectivity index (χ3n) is 1.49. The van der Waals surface area contributed by atoms with E-state index in [0.29, 0.717) is 13.0 Å². The molecule has 0 aromatic heterocycles. The highest BCUT2D eigenvalue weighted by atomic mass is 16.5. The van der Waals surface area contributed by atoms with Gasteiger partial charge in [-0.3, -0.25) is 0 Å². The largest absolute Gasteiger partial charge is 0.381 e. The molecular formula is C10H18O2. The van der Waals surface area contributed by atoms with Crippen LogP contribution in [-0.4, -0.2) is 19.0 Å². The Bertz CT molecular complexity index is 132. The van der Waals surface area contributed by atoms with E-state index in [4.69, 9.17) is 4.74 Å². The van der Waals surface area contributed by atoms with Crippen LogP contribution < -0.4 is 0 Å². The van der Waals surface area contributed by atoms with Crippen molar-refractivity contribution in [3.8, 4) is 0 Å². The summed E-state index contributed by atoms with van der Waals surface area (Å²) in [6, 6.07) is 0. The summed E-state index contributed by atoms with van der Waals surface area (Å²) < 4.78 is 5.28. The van der Waals surface area contributed by atoms with Crippen LogP contribution in [0.3, 0.4) is 0 Å². The number of ketones is 1. The molecule has 0 aromatic carbocycles. The van der Waals surface area contributed by atoms with E-state index >= 15 is 0 Å². The Kier molecular flexibility index (Phi) is 6.67. The number of hydrogen-bond donors (Lipinski definition) is 0. The number of hydrogen-bond acceptors (Lipinski definition) is 2. The molecular weight excluding hydrogens is 152 g/mol. The Balaban J connectivity index is 3.01. The van der Waals surface area contributed by atoms with E-state index in [2.05, 4.69) is 6.58 Å². The predicted octanol–water partition coefficient (Wildman–Crippen LogP) is 2.34. The van der Waals surface area contributed by atoms with Gasteiger partial charge in [-0.05, 0) is 26.7 Å². The Morgan fingerprint density at radius 3 is 2.42 bits per heavy atom. The first-order valence-electron chi connectivity index (χ1n) is 4.34. The van der Waals surface area contributed by atoms with Crippen LogP contribution in [0.2, 0.25) is 0 Å². The highest BCUT2D eigenvalue weighted by Crippen LogP contribution is 1.97. The van der Waals surface area contributed by atoms with Gasteiger partial charge in [0, 0.05) is 13.0 Å². The summed E-state index contributed by atoms with van der Waals surface area (Å²) in [7, 11) is 0. The van der Waals surface area contributed by atoms with Crippen molar-refractivity contribution in [1.29, 1.82) is 0 Å². The van der Waals surface area contributed by atoms with E-state index in [1.165, 1.54) is 0 Å². The normalized spacial score (nSPS) is 9.83. The van der Waals surface area contributed by atoms with Crippen molar-refractivity contribution in [2.24, 2.45) is 0 Å². The fourth-order valence-corrected chi connectivity index (χ4v) is 0.772. The molecule has 12 heavy (non-hydrogen) atoms. The van der Waals surface area contributed by atoms with Gasteiger partial charge in [-0.15, -0.1) is 6.58 Å². The van der Waals surface area contributed by atoms with Gasteiger partial charge in [-0.25, -0.2) is 0 Å².